The first-order valence-electron chi connectivity index (χ1n) is 7.43. The Morgan fingerprint density at radius 3 is 2.15 bits per heavy atom. The molecule has 1 unspecified atom stereocenters. The maximum atomic E-state index is 12.6. The average molecular weight is 285 g/mol. The van der Waals surface area contributed by atoms with Crippen LogP contribution in [0.5, 0.6) is 0 Å². The van der Waals surface area contributed by atoms with Crippen LogP contribution in [0.25, 0.3) is 0 Å². The van der Waals surface area contributed by atoms with E-state index in [1.165, 1.54) is 0 Å². The van der Waals surface area contributed by atoms with Crippen LogP contribution in [0, 0.1) is 17.8 Å². The zero-order valence-electron chi connectivity index (χ0n) is 12.9. The van der Waals surface area contributed by atoms with Gasteiger partial charge in [-0.2, -0.15) is 0 Å². The van der Waals surface area contributed by atoms with E-state index in [2.05, 4.69) is 0 Å². The molecule has 5 heteroatoms. The van der Waals surface area contributed by atoms with Gasteiger partial charge in [0.15, 0.2) is 0 Å². The minimum absolute atomic E-state index is 0.127. The van der Waals surface area contributed by atoms with E-state index in [0.29, 0.717) is 25.3 Å². The van der Waals surface area contributed by atoms with Gasteiger partial charge in [-0.25, -0.2) is 0 Å². The summed E-state index contributed by atoms with van der Waals surface area (Å²) in [7, 11) is 0. The minimum atomic E-state index is -0.965. The molecule has 0 aliphatic heterocycles. The van der Waals surface area contributed by atoms with Gasteiger partial charge in [-0.15, -0.1) is 0 Å². The van der Waals surface area contributed by atoms with Crippen LogP contribution in [-0.4, -0.2) is 45.7 Å². The van der Waals surface area contributed by atoms with Crippen molar-refractivity contribution in [2.45, 2.75) is 52.6 Å². The van der Waals surface area contributed by atoms with E-state index in [0.717, 1.165) is 6.42 Å². The lowest BCUT2D eigenvalue weighted by atomic mass is 9.94. The summed E-state index contributed by atoms with van der Waals surface area (Å²) in [6, 6.07) is 0. The number of hydrogen-bond acceptors (Lipinski definition) is 3. The van der Waals surface area contributed by atoms with Crippen molar-refractivity contribution < 1.29 is 19.8 Å². The predicted octanol–water partition coefficient (Wildman–Crippen LogP) is 1.74. The van der Waals surface area contributed by atoms with Gasteiger partial charge in [-0.3, -0.25) is 9.59 Å². The Morgan fingerprint density at radius 2 is 1.75 bits per heavy atom. The van der Waals surface area contributed by atoms with Crippen molar-refractivity contribution in [1.29, 1.82) is 0 Å². The van der Waals surface area contributed by atoms with Crippen LogP contribution < -0.4 is 0 Å². The molecule has 0 heterocycles. The van der Waals surface area contributed by atoms with Crippen molar-refractivity contribution in [3.63, 3.8) is 0 Å². The van der Waals surface area contributed by atoms with Crippen LogP contribution in [0.15, 0.2) is 0 Å². The second kappa shape index (κ2) is 6.57. The fraction of sp³-hybridized carbons (Fsp3) is 0.867. The first-order valence-corrected chi connectivity index (χ1v) is 7.43. The van der Waals surface area contributed by atoms with Crippen LogP contribution in [0.2, 0.25) is 0 Å². The molecule has 1 saturated carbocycles. The van der Waals surface area contributed by atoms with Gasteiger partial charge in [0.25, 0.3) is 0 Å². The number of carboxylic acids is 1. The highest BCUT2D eigenvalue weighted by molar-refractivity contribution is 5.85. The summed E-state index contributed by atoms with van der Waals surface area (Å²) in [6.45, 7) is 7.92. The van der Waals surface area contributed by atoms with Gasteiger partial charge in [0, 0.05) is 13.1 Å². The summed E-state index contributed by atoms with van der Waals surface area (Å²) in [6.07, 6.45) is 2.14. The van der Waals surface area contributed by atoms with Crippen molar-refractivity contribution in [3.05, 3.63) is 0 Å². The molecule has 20 heavy (non-hydrogen) atoms. The van der Waals surface area contributed by atoms with Gasteiger partial charge in [0.2, 0.25) is 5.91 Å². The standard InChI is InChI=1S/C15H27NO4/c1-5-10-7-11(12(8-10)14(18)19)13(17)16(6-2)9-15(3,4)20/h10-12,20H,5-9H2,1-4H3,(H,18,19)/t10?,11-,12+/m0/s1. The summed E-state index contributed by atoms with van der Waals surface area (Å²) in [5.41, 5.74) is -0.965. The molecule has 0 spiro atoms. The highest BCUT2D eigenvalue weighted by atomic mass is 16.4. The maximum absolute atomic E-state index is 12.6. The number of amides is 1. The number of hydrogen-bond donors (Lipinski definition) is 2. The fourth-order valence-corrected chi connectivity index (χ4v) is 3.07. The van der Waals surface area contributed by atoms with Crippen LogP contribution in [0.1, 0.15) is 47.0 Å². The molecule has 0 saturated heterocycles. The van der Waals surface area contributed by atoms with E-state index in [1.807, 2.05) is 13.8 Å². The normalized spacial score (nSPS) is 26.6. The molecule has 1 amide bonds. The van der Waals surface area contributed by atoms with E-state index < -0.39 is 23.4 Å². The zero-order valence-corrected chi connectivity index (χ0v) is 12.9. The van der Waals surface area contributed by atoms with Gasteiger partial charge in [0.05, 0.1) is 17.4 Å². The van der Waals surface area contributed by atoms with E-state index in [1.54, 1.807) is 18.7 Å². The molecule has 0 radical (unpaired) electrons. The largest absolute Gasteiger partial charge is 0.481 e. The molecule has 2 N–H and O–H groups in total. The second-order valence-corrected chi connectivity index (χ2v) is 6.46. The molecule has 3 atom stereocenters. The monoisotopic (exact) mass is 285 g/mol. The summed E-state index contributed by atoms with van der Waals surface area (Å²) in [5, 5.41) is 19.2. The molecule has 0 aromatic heterocycles. The molecule has 116 valence electrons. The van der Waals surface area contributed by atoms with Crippen LogP contribution >= 0.6 is 0 Å². The lowest BCUT2D eigenvalue weighted by molar-refractivity contribution is -0.150. The number of carboxylic acid groups (broad SMARTS) is 1. The van der Waals surface area contributed by atoms with E-state index in [4.69, 9.17) is 0 Å². The SMILES string of the molecule is CCC1C[C@H](C(=O)N(CC)CC(C)(C)O)[C@H](C(=O)O)C1. The summed E-state index contributed by atoms with van der Waals surface area (Å²) in [5.74, 6) is -1.72. The highest BCUT2D eigenvalue weighted by Gasteiger charge is 2.43. The predicted molar refractivity (Wildman–Crippen MR) is 76.2 cm³/mol. The Bertz CT molecular complexity index is 361. The van der Waals surface area contributed by atoms with Crippen molar-refractivity contribution in [1.82, 2.24) is 4.90 Å². The van der Waals surface area contributed by atoms with Crippen LogP contribution in [0.4, 0.5) is 0 Å². The van der Waals surface area contributed by atoms with E-state index in [-0.39, 0.29) is 12.5 Å². The topological polar surface area (TPSA) is 77.8 Å². The molecule has 0 bridgehead atoms. The molecular formula is C15H27NO4. The lowest BCUT2D eigenvalue weighted by Crippen LogP contribution is -2.46. The second-order valence-electron chi connectivity index (χ2n) is 6.46. The molecule has 1 aliphatic rings. The lowest BCUT2D eigenvalue weighted by Gasteiger charge is -2.31. The Hall–Kier alpha value is -1.10. The van der Waals surface area contributed by atoms with Crippen LogP contribution in [0.3, 0.4) is 0 Å². The van der Waals surface area contributed by atoms with Crippen molar-refractivity contribution in [2.75, 3.05) is 13.1 Å². The third-order valence-corrected chi connectivity index (χ3v) is 4.14. The highest BCUT2D eigenvalue weighted by Crippen LogP contribution is 2.39. The molecule has 1 rings (SSSR count). The Labute approximate surface area is 121 Å². The smallest absolute Gasteiger partial charge is 0.307 e. The number of aliphatic hydroxyl groups is 1. The van der Waals surface area contributed by atoms with Crippen molar-refractivity contribution >= 4 is 11.9 Å². The number of carbonyl (C=O) groups is 2. The molecule has 0 aromatic rings. The zero-order chi connectivity index (χ0) is 15.5. The Morgan fingerprint density at radius 1 is 1.20 bits per heavy atom. The number of carbonyl (C=O) groups excluding carboxylic acids is 1. The fourth-order valence-electron chi connectivity index (χ4n) is 3.07. The Balaban J connectivity index is 2.84. The van der Waals surface area contributed by atoms with E-state index >= 15 is 0 Å². The van der Waals surface area contributed by atoms with E-state index in [9.17, 15) is 19.8 Å². The summed E-state index contributed by atoms with van der Waals surface area (Å²) in [4.78, 5) is 25.5. The quantitative estimate of drug-likeness (QED) is 0.779. The van der Waals surface area contributed by atoms with Crippen molar-refractivity contribution in [2.24, 2.45) is 17.8 Å². The van der Waals surface area contributed by atoms with Gasteiger partial charge in [-0.05, 0) is 39.5 Å². The molecule has 1 aliphatic carbocycles. The summed E-state index contributed by atoms with van der Waals surface area (Å²) < 4.78 is 0. The first kappa shape index (κ1) is 17.0. The minimum Gasteiger partial charge on any atom is -0.481 e. The third-order valence-electron chi connectivity index (χ3n) is 4.14. The van der Waals surface area contributed by atoms with Crippen LogP contribution in [-0.2, 0) is 9.59 Å². The maximum Gasteiger partial charge on any atom is 0.307 e. The summed E-state index contributed by atoms with van der Waals surface area (Å²) >= 11 is 0. The van der Waals surface area contributed by atoms with Crippen molar-refractivity contribution in [3.8, 4) is 0 Å². The molecule has 0 aromatic carbocycles. The Kier molecular flexibility index (Phi) is 5.57. The van der Waals surface area contributed by atoms with Gasteiger partial charge in [0.1, 0.15) is 0 Å². The van der Waals surface area contributed by atoms with Gasteiger partial charge in [-0.1, -0.05) is 13.3 Å². The number of likely N-dealkylation sites (N-methyl/N-ethyl adjacent to an activating group) is 1. The molecular weight excluding hydrogens is 258 g/mol. The molecule has 1 fully saturated rings. The number of nitrogens with zero attached hydrogens (tertiary/aromatic N) is 1. The number of aliphatic carboxylic acids is 1. The molecule has 5 nitrogen and oxygen atoms in total. The third kappa shape index (κ3) is 4.20. The van der Waals surface area contributed by atoms with Gasteiger partial charge >= 0.3 is 5.97 Å². The number of rotatable bonds is 6. The van der Waals surface area contributed by atoms with Gasteiger partial charge < -0.3 is 15.1 Å². The average Bonchev–Trinajstić information content (AvgIpc) is 2.78. The first-order chi connectivity index (χ1) is 9.19.